The lowest BCUT2D eigenvalue weighted by atomic mass is 10.3. The summed E-state index contributed by atoms with van der Waals surface area (Å²) in [6.45, 7) is 3.32. The first-order valence-corrected chi connectivity index (χ1v) is 9.30. The van der Waals surface area contributed by atoms with Crippen LogP contribution < -0.4 is 4.90 Å². The molecule has 8 heteroatoms. The number of halogens is 2. The first kappa shape index (κ1) is 16.3. The molecule has 1 saturated heterocycles. The summed E-state index contributed by atoms with van der Waals surface area (Å²) in [5.74, 6) is -0.430. The van der Waals surface area contributed by atoms with Gasteiger partial charge in [0.2, 0.25) is 0 Å². The minimum absolute atomic E-state index is 0.179. The van der Waals surface area contributed by atoms with Crippen molar-refractivity contribution >= 4 is 48.1 Å². The Morgan fingerprint density at radius 2 is 1.62 bits per heavy atom. The molecule has 0 atom stereocenters. The molecule has 0 N–H and O–H groups in total. The number of anilines is 1. The standard InChI is InChI=1S/C13H15Cl2N2O3P/c1-3-21(20,4-2)16-8-12(18)17(13(16)19)11-6-9(14)5-10(15)7-11/h5-7H,3-4,8H2,1-2H3. The Morgan fingerprint density at radius 1 is 1.10 bits per heavy atom. The summed E-state index contributed by atoms with van der Waals surface area (Å²) in [5, 5.41) is 0.649. The molecule has 0 bridgehead atoms. The zero-order valence-corrected chi connectivity index (χ0v) is 14.1. The summed E-state index contributed by atoms with van der Waals surface area (Å²) in [7, 11) is -2.85. The maximum atomic E-state index is 12.7. The molecule has 21 heavy (non-hydrogen) atoms. The molecule has 2 rings (SSSR count). The van der Waals surface area contributed by atoms with E-state index in [2.05, 4.69) is 0 Å². The maximum Gasteiger partial charge on any atom is 0.337 e. The molecule has 1 aliphatic rings. The van der Waals surface area contributed by atoms with Crippen LogP contribution >= 0.6 is 30.5 Å². The fourth-order valence-corrected chi connectivity index (χ4v) is 4.69. The lowest BCUT2D eigenvalue weighted by molar-refractivity contribution is -0.116. The number of urea groups is 1. The number of carbonyl (C=O) groups is 2. The second-order valence-corrected chi connectivity index (χ2v) is 8.99. The average Bonchev–Trinajstić information content (AvgIpc) is 2.72. The summed E-state index contributed by atoms with van der Waals surface area (Å²) < 4.78 is 13.9. The van der Waals surface area contributed by atoms with Crippen molar-refractivity contribution in [1.82, 2.24) is 4.67 Å². The molecular weight excluding hydrogens is 334 g/mol. The number of hydrogen-bond donors (Lipinski definition) is 0. The van der Waals surface area contributed by atoms with Gasteiger partial charge in [-0.3, -0.25) is 9.46 Å². The molecule has 0 unspecified atom stereocenters. The van der Waals surface area contributed by atoms with E-state index >= 15 is 0 Å². The quantitative estimate of drug-likeness (QED) is 0.608. The normalized spacial score (nSPS) is 16.0. The zero-order chi connectivity index (χ0) is 15.8. The van der Waals surface area contributed by atoms with E-state index < -0.39 is 19.2 Å². The van der Waals surface area contributed by atoms with Crippen molar-refractivity contribution in [2.24, 2.45) is 0 Å². The zero-order valence-electron chi connectivity index (χ0n) is 11.7. The highest BCUT2D eigenvalue weighted by molar-refractivity contribution is 7.62. The van der Waals surface area contributed by atoms with E-state index in [4.69, 9.17) is 23.2 Å². The third kappa shape index (κ3) is 2.96. The fraction of sp³-hybridized carbons (Fsp3) is 0.385. The second kappa shape index (κ2) is 5.99. The Bertz CT molecular complexity index is 622. The van der Waals surface area contributed by atoms with Gasteiger partial charge in [-0.15, -0.1) is 0 Å². The van der Waals surface area contributed by atoms with Gasteiger partial charge in [0.15, 0.2) is 7.29 Å². The molecule has 5 nitrogen and oxygen atoms in total. The maximum absolute atomic E-state index is 12.7. The number of nitrogens with zero attached hydrogens (tertiary/aromatic N) is 2. The summed E-state index contributed by atoms with van der Waals surface area (Å²) in [6.07, 6.45) is 0.680. The molecule has 3 amide bonds. The lowest BCUT2D eigenvalue weighted by Gasteiger charge is -2.25. The number of carbonyl (C=O) groups excluding carboxylic acids is 2. The molecule has 1 aromatic rings. The van der Waals surface area contributed by atoms with Gasteiger partial charge in [-0.2, -0.15) is 0 Å². The Hall–Kier alpha value is -1.03. The largest absolute Gasteiger partial charge is 0.337 e. The predicted molar refractivity (Wildman–Crippen MR) is 84.7 cm³/mol. The van der Waals surface area contributed by atoms with E-state index in [0.29, 0.717) is 28.1 Å². The Kier molecular flexibility index (Phi) is 4.66. The number of benzene rings is 1. The van der Waals surface area contributed by atoms with Crippen LogP contribution in [0, 0.1) is 0 Å². The van der Waals surface area contributed by atoms with E-state index in [0.717, 1.165) is 4.90 Å². The number of imide groups is 1. The van der Waals surface area contributed by atoms with Crippen LogP contribution in [0.25, 0.3) is 0 Å². The van der Waals surface area contributed by atoms with Crippen molar-refractivity contribution < 1.29 is 14.2 Å². The first-order valence-electron chi connectivity index (χ1n) is 6.51. The smallest absolute Gasteiger partial charge is 0.300 e. The van der Waals surface area contributed by atoms with Crippen molar-refractivity contribution in [2.75, 3.05) is 23.8 Å². The molecule has 0 spiro atoms. The van der Waals surface area contributed by atoms with Crippen molar-refractivity contribution in [1.29, 1.82) is 0 Å². The molecule has 1 aromatic carbocycles. The van der Waals surface area contributed by atoms with Crippen molar-refractivity contribution in [3.8, 4) is 0 Å². The lowest BCUT2D eigenvalue weighted by Crippen LogP contribution is -2.32. The van der Waals surface area contributed by atoms with Crippen molar-refractivity contribution in [2.45, 2.75) is 13.8 Å². The summed E-state index contributed by atoms with van der Waals surface area (Å²) in [4.78, 5) is 25.6. The van der Waals surface area contributed by atoms with Gasteiger partial charge < -0.3 is 4.57 Å². The SMILES string of the molecule is CCP(=O)(CC)N1CC(=O)N(c2cc(Cl)cc(Cl)c2)C1=O. The summed E-state index contributed by atoms with van der Waals surface area (Å²) in [6, 6.07) is 3.90. The Balaban J connectivity index is 2.41. The number of amides is 3. The predicted octanol–water partition coefficient (Wildman–Crippen LogP) is 4.08. The second-order valence-electron chi connectivity index (χ2n) is 4.68. The highest BCUT2D eigenvalue weighted by Gasteiger charge is 2.44. The first-order chi connectivity index (χ1) is 9.82. The van der Waals surface area contributed by atoms with Gasteiger partial charge in [0.1, 0.15) is 6.54 Å². The summed E-state index contributed by atoms with van der Waals surface area (Å²) in [5.41, 5.74) is 0.295. The Morgan fingerprint density at radius 3 is 2.10 bits per heavy atom. The van der Waals surface area contributed by atoms with E-state index in [9.17, 15) is 14.2 Å². The molecule has 0 aromatic heterocycles. The van der Waals surface area contributed by atoms with Gasteiger partial charge in [-0.1, -0.05) is 37.0 Å². The van der Waals surface area contributed by atoms with E-state index in [-0.39, 0.29) is 6.54 Å². The Labute approximate surface area is 133 Å². The van der Waals surface area contributed by atoms with Gasteiger partial charge >= 0.3 is 6.03 Å². The van der Waals surface area contributed by atoms with Crippen LogP contribution in [0.2, 0.25) is 10.0 Å². The highest BCUT2D eigenvalue weighted by atomic mass is 35.5. The third-order valence-corrected chi connectivity index (χ3v) is 7.09. The molecule has 1 fully saturated rings. The molecule has 0 radical (unpaired) electrons. The molecule has 0 aliphatic carbocycles. The van der Waals surface area contributed by atoms with E-state index in [1.165, 1.54) is 22.9 Å². The monoisotopic (exact) mass is 348 g/mol. The number of hydrogen-bond acceptors (Lipinski definition) is 3. The van der Waals surface area contributed by atoms with Crippen molar-refractivity contribution in [3.63, 3.8) is 0 Å². The highest BCUT2D eigenvalue weighted by Crippen LogP contribution is 2.51. The molecule has 1 aliphatic heterocycles. The van der Waals surface area contributed by atoms with Crippen LogP contribution in [-0.2, 0) is 9.36 Å². The van der Waals surface area contributed by atoms with Crippen LogP contribution in [0.15, 0.2) is 18.2 Å². The average molecular weight is 349 g/mol. The van der Waals surface area contributed by atoms with Gasteiger partial charge in [-0.05, 0) is 18.2 Å². The van der Waals surface area contributed by atoms with E-state index in [1.54, 1.807) is 13.8 Å². The van der Waals surface area contributed by atoms with Gasteiger partial charge in [0.05, 0.1) is 5.69 Å². The van der Waals surface area contributed by atoms with Gasteiger partial charge in [-0.25, -0.2) is 9.69 Å². The summed E-state index contributed by atoms with van der Waals surface area (Å²) >= 11 is 11.8. The minimum Gasteiger partial charge on any atom is -0.300 e. The molecule has 0 saturated carbocycles. The van der Waals surface area contributed by atoms with Crippen LogP contribution in [0.5, 0.6) is 0 Å². The molecular formula is C13H15Cl2N2O3P. The van der Waals surface area contributed by atoms with Crippen molar-refractivity contribution in [3.05, 3.63) is 28.2 Å². The molecule has 114 valence electrons. The minimum atomic E-state index is -2.85. The van der Waals surface area contributed by atoms with Crippen LogP contribution in [-0.4, -0.2) is 35.5 Å². The molecule has 1 heterocycles. The van der Waals surface area contributed by atoms with E-state index in [1.807, 2.05) is 0 Å². The van der Waals surface area contributed by atoms with Gasteiger partial charge in [0.25, 0.3) is 5.91 Å². The number of rotatable bonds is 4. The third-order valence-electron chi connectivity index (χ3n) is 3.48. The topological polar surface area (TPSA) is 57.7 Å². The van der Waals surface area contributed by atoms with Crippen LogP contribution in [0.4, 0.5) is 10.5 Å². The van der Waals surface area contributed by atoms with Crippen LogP contribution in [0.1, 0.15) is 13.8 Å². The van der Waals surface area contributed by atoms with Gasteiger partial charge in [0, 0.05) is 22.4 Å². The van der Waals surface area contributed by atoms with Crippen LogP contribution in [0.3, 0.4) is 0 Å². The fourth-order valence-electron chi connectivity index (χ4n) is 2.26.